The summed E-state index contributed by atoms with van der Waals surface area (Å²) in [5, 5.41) is 3.92. The molecule has 0 amide bonds. The average Bonchev–Trinajstić information content (AvgIpc) is 2.79. The maximum absolute atomic E-state index is 13.1. The quantitative estimate of drug-likeness (QED) is 0.365. The first-order chi connectivity index (χ1) is 15.5. The Kier molecular flexibility index (Phi) is 5.87. The molecule has 0 N–H and O–H groups in total. The van der Waals surface area contributed by atoms with Gasteiger partial charge in [-0.05, 0) is 35.9 Å². The summed E-state index contributed by atoms with van der Waals surface area (Å²) in [6.45, 7) is 1.44. The molecule has 2 aromatic heterocycles. The molecule has 0 fully saturated rings. The van der Waals surface area contributed by atoms with Gasteiger partial charge in [-0.3, -0.25) is 4.79 Å². The van der Waals surface area contributed by atoms with E-state index in [4.69, 9.17) is 0 Å². The van der Waals surface area contributed by atoms with Crippen molar-refractivity contribution >= 4 is 36.5 Å². The maximum Gasteiger partial charge on any atom is 0.416 e. The van der Waals surface area contributed by atoms with Crippen molar-refractivity contribution in [1.29, 1.82) is 0 Å². The van der Waals surface area contributed by atoms with Crippen LogP contribution in [0.2, 0.25) is 0 Å². The summed E-state index contributed by atoms with van der Waals surface area (Å²) >= 11 is 3.33. The number of aromatic nitrogens is 3. The van der Waals surface area contributed by atoms with Gasteiger partial charge >= 0.3 is 6.18 Å². The number of hydrogen-bond donors (Lipinski definition) is 0. The fourth-order valence-electron chi connectivity index (χ4n) is 3.25. The summed E-state index contributed by atoms with van der Waals surface area (Å²) in [4.78, 5) is 17.0. The van der Waals surface area contributed by atoms with Crippen LogP contribution in [-0.2, 0) is 16.0 Å². The minimum Gasteiger partial charge on any atom is -0.267 e. The van der Waals surface area contributed by atoms with Gasteiger partial charge in [-0.1, -0.05) is 41.1 Å². The zero-order valence-electron chi connectivity index (χ0n) is 17.0. The lowest BCUT2D eigenvalue weighted by molar-refractivity contribution is -0.137. The van der Waals surface area contributed by atoms with Crippen molar-refractivity contribution in [1.82, 2.24) is 14.8 Å². The van der Waals surface area contributed by atoms with Gasteiger partial charge < -0.3 is 0 Å². The van der Waals surface area contributed by atoms with Gasteiger partial charge in [-0.25, -0.2) is 13.4 Å². The average molecular weight is 538 g/mol. The van der Waals surface area contributed by atoms with Gasteiger partial charge in [-0.15, -0.1) is 0 Å². The van der Waals surface area contributed by atoms with Crippen LogP contribution in [0.3, 0.4) is 0 Å². The molecule has 2 heterocycles. The van der Waals surface area contributed by atoms with E-state index in [1.54, 1.807) is 24.3 Å². The summed E-state index contributed by atoms with van der Waals surface area (Å²) in [5.74, 6) is -0.548. The number of halogens is 4. The van der Waals surface area contributed by atoms with E-state index in [1.807, 2.05) is 0 Å². The number of rotatable bonds is 4. The fraction of sp³-hybridized carbons (Fsp3) is 0.136. The van der Waals surface area contributed by atoms with Crippen LogP contribution in [0.1, 0.15) is 12.5 Å². The third-order valence-corrected chi connectivity index (χ3v) is 7.30. The zero-order valence-corrected chi connectivity index (χ0v) is 19.4. The molecule has 0 radical (unpaired) electrons. The van der Waals surface area contributed by atoms with Crippen LogP contribution in [-0.4, -0.2) is 28.9 Å². The van der Waals surface area contributed by atoms with Gasteiger partial charge in [0.1, 0.15) is 4.90 Å². The molecule has 4 aromatic rings. The van der Waals surface area contributed by atoms with Crippen LogP contribution in [0.15, 0.2) is 75.1 Å². The molecule has 0 aliphatic rings. The molecular formula is C22H15BrF3N3O3S. The van der Waals surface area contributed by atoms with Gasteiger partial charge in [0.05, 0.1) is 22.9 Å². The first-order valence-electron chi connectivity index (χ1n) is 9.59. The lowest BCUT2D eigenvalue weighted by Crippen LogP contribution is -2.25. The van der Waals surface area contributed by atoms with Crippen LogP contribution in [0.5, 0.6) is 0 Å². The van der Waals surface area contributed by atoms with Crippen molar-refractivity contribution in [3.05, 3.63) is 81.3 Å². The topological polar surface area (TPSA) is 81.9 Å². The van der Waals surface area contributed by atoms with Gasteiger partial charge in [0.25, 0.3) is 5.56 Å². The fourth-order valence-corrected chi connectivity index (χ4v) is 4.55. The molecular weight excluding hydrogens is 523 g/mol. The van der Waals surface area contributed by atoms with Gasteiger partial charge in [0.15, 0.2) is 15.7 Å². The third-order valence-electron chi connectivity index (χ3n) is 5.04. The first-order valence-corrected chi connectivity index (χ1v) is 12.0. The molecule has 0 bridgehead atoms. The van der Waals surface area contributed by atoms with Crippen molar-refractivity contribution in [3.63, 3.8) is 0 Å². The van der Waals surface area contributed by atoms with E-state index in [-0.39, 0.29) is 27.2 Å². The molecule has 2 aromatic carbocycles. The maximum atomic E-state index is 13.1. The number of pyridine rings is 1. The zero-order chi connectivity index (χ0) is 24.0. The molecule has 4 rings (SSSR count). The van der Waals surface area contributed by atoms with Crippen LogP contribution in [0.25, 0.3) is 27.7 Å². The Morgan fingerprint density at radius 3 is 2.33 bits per heavy atom. The van der Waals surface area contributed by atoms with Crippen LogP contribution >= 0.6 is 15.9 Å². The summed E-state index contributed by atoms with van der Waals surface area (Å²) < 4.78 is 66.7. The first kappa shape index (κ1) is 23.1. The Morgan fingerprint density at radius 2 is 1.70 bits per heavy atom. The summed E-state index contributed by atoms with van der Waals surface area (Å²) in [5.41, 5.74) is -0.718. The molecule has 0 saturated carbocycles. The van der Waals surface area contributed by atoms with Crippen molar-refractivity contribution in [2.24, 2.45) is 0 Å². The predicted octanol–water partition coefficient (Wildman–Crippen LogP) is 5.02. The lowest BCUT2D eigenvalue weighted by atomic mass is 10.1. The summed E-state index contributed by atoms with van der Waals surface area (Å²) in [7, 11) is -3.87. The molecule has 0 unspecified atom stereocenters. The molecule has 33 heavy (non-hydrogen) atoms. The minimum atomic E-state index is -4.64. The number of fused-ring (bicyclic) bond motifs is 1. The second-order valence-electron chi connectivity index (χ2n) is 7.12. The molecule has 0 aliphatic heterocycles. The molecule has 0 atom stereocenters. The monoisotopic (exact) mass is 537 g/mol. The normalized spacial score (nSPS) is 12.3. The Morgan fingerprint density at radius 1 is 1.00 bits per heavy atom. The van der Waals surface area contributed by atoms with Crippen molar-refractivity contribution in [2.45, 2.75) is 18.0 Å². The molecule has 0 aliphatic carbocycles. The van der Waals surface area contributed by atoms with Crippen LogP contribution < -0.4 is 5.56 Å². The summed E-state index contributed by atoms with van der Waals surface area (Å²) in [6, 6.07) is 11.2. The van der Waals surface area contributed by atoms with Crippen molar-refractivity contribution in [3.8, 4) is 16.9 Å². The van der Waals surface area contributed by atoms with Crippen molar-refractivity contribution < 1.29 is 21.6 Å². The molecule has 6 nitrogen and oxygen atoms in total. The highest BCUT2D eigenvalue weighted by Crippen LogP contribution is 2.31. The van der Waals surface area contributed by atoms with E-state index >= 15 is 0 Å². The molecule has 0 saturated heterocycles. The van der Waals surface area contributed by atoms with E-state index < -0.39 is 27.1 Å². The Balaban J connectivity index is 1.97. The Hall–Kier alpha value is -3.05. The Bertz CT molecular complexity index is 1530. The smallest absolute Gasteiger partial charge is 0.267 e. The highest BCUT2D eigenvalue weighted by Gasteiger charge is 2.31. The van der Waals surface area contributed by atoms with E-state index in [0.29, 0.717) is 11.1 Å². The van der Waals surface area contributed by atoms with E-state index in [1.165, 1.54) is 25.4 Å². The van der Waals surface area contributed by atoms with Crippen LogP contribution in [0, 0.1) is 0 Å². The van der Waals surface area contributed by atoms with E-state index in [2.05, 4.69) is 26.0 Å². The molecule has 170 valence electrons. The largest absolute Gasteiger partial charge is 0.416 e. The predicted molar refractivity (Wildman–Crippen MR) is 121 cm³/mol. The number of sulfone groups is 1. The van der Waals surface area contributed by atoms with Gasteiger partial charge in [-0.2, -0.15) is 23.0 Å². The number of benzene rings is 2. The number of alkyl halides is 3. The lowest BCUT2D eigenvalue weighted by Gasteiger charge is -2.13. The van der Waals surface area contributed by atoms with E-state index in [9.17, 15) is 26.4 Å². The van der Waals surface area contributed by atoms with Crippen LogP contribution in [0.4, 0.5) is 13.2 Å². The van der Waals surface area contributed by atoms with Gasteiger partial charge in [0.2, 0.25) is 0 Å². The highest BCUT2D eigenvalue weighted by molar-refractivity contribution is 9.10. The summed E-state index contributed by atoms with van der Waals surface area (Å²) in [6.07, 6.45) is -2.06. The third kappa shape index (κ3) is 4.42. The second-order valence-corrected chi connectivity index (χ2v) is 10.3. The number of hydrogen-bond acceptors (Lipinski definition) is 5. The second kappa shape index (κ2) is 8.38. The standard InChI is InChI=1S/C22H15BrF3N3O3S/c1-2-33(31,32)19-9-15(13-4-7-17(23)8-5-13)11-27-20(19)29-21(30)18-10-16(22(24,25)26)6-3-14(18)12-28-29/h3-12H,2H2,1H3. The highest BCUT2D eigenvalue weighted by atomic mass is 79.9. The number of nitrogens with zero attached hydrogens (tertiary/aromatic N) is 3. The SMILES string of the molecule is CCS(=O)(=O)c1cc(-c2ccc(Br)cc2)cnc1-n1ncc2ccc(C(F)(F)F)cc2c1=O. The van der Waals surface area contributed by atoms with Gasteiger partial charge in [0, 0.05) is 21.6 Å². The Labute approximate surface area is 194 Å². The van der Waals surface area contributed by atoms with E-state index in [0.717, 1.165) is 27.4 Å². The van der Waals surface area contributed by atoms with Crippen molar-refractivity contribution in [2.75, 3.05) is 5.75 Å². The molecule has 0 spiro atoms. The minimum absolute atomic E-state index is 0.190. The molecule has 11 heteroatoms.